The lowest BCUT2D eigenvalue weighted by Crippen LogP contribution is -2.56. The third-order valence-corrected chi connectivity index (χ3v) is 5.31. The molecule has 0 bridgehead atoms. The molecule has 0 heterocycles. The molecule has 0 aliphatic heterocycles. The van der Waals surface area contributed by atoms with Crippen molar-refractivity contribution in [3.8, 4) is 5.75 Å². The quantitative estimate of drug-likeness (QED) is 0.843. The fourth-order valence-electron chi connectivity index (χ4n) is 3.86. The summed E-state index contributed by atoms with van der Waals surface area (Å²) in [6.45, 7) is 0. The number of esters is 1. The second kappa shape index (κ2) is 6.83. The standard InChI is InChI=1S/C19H25NO4/c1-23-16-9-5-4-8-13(16)14-12-15(14)17(21)20-19(18(22)24-2)10-6-3-7-11-19/h4-5,8-9,14-15H,3,6-7,10-12H2,1-2H3,(H,20,21)/t14-,15-/m1/s1. The van der Waals surface area contributed by atoms with E-state index in [0.717, 1.165) is 37.0 Å². The molecule has 1 N–H and O–H groups in total. The maximum absolute atomic E-state index is 12.7. The molecule has 5 nitrogen and oxygen atoms in total. The third-order valence-electron chi connectivity index (χ3n) is 5.31. The van der Waals surface area contributed by atoms with Gasteiger partial charge in [0.2, 0.25) is 5.91 Å². The zero-order chi connectivity index (χ0) is 17.2. The van der Waals surface area contributed by atoms with E-state index in [1.165, 1.54) is 7.11 Å². The van der Waals surface area contributed by atoms with Crippen molar-refractivity contribution in [3.63, 3.8) is 0 Å². The molecule has 0 saturated heterocycles. The highest BCUT2D eigenvalue weighted by Crippen LogP contribution is 2.50. The Labute approximate surface area is 142 Å². The molecule has 1 amide bonds. The number of hydrogen-bond donors (Lipinski definition) is 1. The maximum Gasteiger partial charge on any atom is 0.331 e. The number of benzene rings is 1. The van der Waals surface area contributed by atoms with Crippen LogP contribution in [0.5, 0.6) is 5.75 Å². The van der Waals surface area contributed by atoms with Crippen LogP contribution < -0.4 is 10.1 Å². The summed E-state index contributed by atoms with van der Waals surface area (Å²) in [5, 5.41) is 3.03. The van der Waals surface area contributed by atoms with Gasteiger partial charge in [-0.2, -0.15) is 0 Å². The Morgan fingerprint density at radius 3 is 2.50 bits per heavy atom. The van der Waals surface area contributed by atoms with Crippen LogP contribution >= 0.6 is 0 Å². The second-order valence-corrected chi connectivity index (χ2v) is 6.81. The largest absolute Gasteiger partial charge is 0.496 e. The van der Waals surface area contributed by atoms with Crippen molar-refractivity contribution in [2.45, 2.75) is 50.0 Å². The number of carbonyl (C=O) groups is 2. The summed E-state index contributed by atoms with van der Waals surface area (Å²) in [6.07, 6.45) is 5.10. The Morgan fingerprint density at radius 1 is 1.12 bits per heavy atom. The smallest absolute Gasteiger partial charge is 0.331 e. The van der Waals surface area contributed by atoms with E-state index in [0.29, 0.717) is 12.8 Å². The summed E-state index contributed by atoms with van der Waals surface area (Å²) >= 11 is 0. The average molecular weight is 331 g/mol. The number of para-hydroxylation sites is 1. The van der Waals surface area contributed by atoms with Crippen LogP contribution in [0, 0.1) is 5.92 Å². The molecule has 5 heteroatoms. The van der Waals surface area contributed by atoms with Crippen LogP contribution in [0.25, 0.3) is 0 Å². The monoisotopic (exact) mass is 331 g/mol. The number of hydrogen-bond acceptors (Lipinski definition) is 4. The van der Waals surface area contributed by atoms with Gasteiger partial charge < -0.3 is 14.8 Å². The Balaban J connectivity index is 1.70. The van der Waals surface area contributed by atoms with Gasteiger partial charge in [-0.15, -0.1) is 0 Å². The van der Waals surface area contributed by atoms with E-state index in [4.69, 9.17) is 9.47 Å². The van der Waals surface area contributed by atoms with E-state index in [9.17, 15) is 9.59 Å². The summed E-state index contributed by atoms with van der Waals surface area (Å²) in [5.41, 5.74) is 0.230. The van der Waals surface area contributed by atoms with Gasteiger partial charge >= 0.3 is 5.97 Å². The summed E-state index contributed by atoms with van der Waals surface area (Å²) in [4.78, 5) is 25.0. The molecule has 130 valence electrons. The number of carbonyl (C=O) groups excluding carboxylic acids is 2. The topological polar surface area (TPSA) is 64.6 Å². The number of methoxy groups -OCH3 is 2. The van der Waals surface area contributed by atoms with E-state index in [-0.39, 0.29) is 23.7 Å². The van der Waals surface area contributed by atoms with Crippen LogP contribution in [-0.2, 0) is 14.3 Å². The highest BCUT2D eigenvalue weighted by atomic mass is 16.5. The van der Waals surface area contributed by atoms with Crippen molar-refractivity contribution >= 4 is 11.9 Å². The lowest BCUT2D eigenvalue weighted by atomic mass is 9.81. The zero-order valence-electron chi connectivity index (χ0n) is 14.3. The van der Waals surface area contributed by atoms with Crippen LogP contribution in [0.15, 0.2) is 24.3 Å². The minimum absolute atomic E-state index is 0.0433. The molecule has 2 saturated carbocycles. The predicted molar refractivity (Wildman–Crippen MR) is 89.8 cm³/mol. The Kier molecular flexibility index (Phi) is 4.78. The van der Waals surface area contributed by atoms with Crippen molar-refractivity contribution in [1.82, 2.24) is 5.32 Å². The predicted octanol–water partition coefficient (Wildman–Crippen LogP) is 2.79. The minimum Gasteiger partial charge on any atom is -0.496 e. The summed E-state index contributed by atoms with van der Waals surface area (Å²) in [6, 6.07) is 7.81. The molecule has 1 aromatic carbocycles. The Morgan fingerprint density at radius 2 is 1.83 bits per heavy atom. The molecule has 2 atom stereocenters. The highest BCUT2D eigenvalue weighted by molar-refractivity contribution is 5.91. The van der Waals surface area contributed by atoms with Crippen molar-refractivity contribution in [2.24, 2.45) is 5.92 Å². The molecule has 0 aromatic heterocycles. The van der Waals surface area contributed by atoms with Gasteiger partial charge in [0.15, 0.2) is 0 Å². The molecule has 0 spiro atoms. The SMILES string of the molecule is COC(=O)C1(NC(=O)[C@@H]2C[C@@H]2c2ccccc2OC)CCCCC1. The van der Waals surface area contributed by atoms with Crippen molar-refractivity contribution < 1.29 is 19.1 Å². The van der Waals surface area contributed by atoms with Gasteiger partial charge in [0.1, 0.15) is 11.3 Å². The van der Waals surface area contributed by atoms with Crippen molar-refractivity contribution in [1.29, 1.82) is 0 Å². The van der Waals surface area contributed by atoms with E-state index >= 15 is 0 Å². The van der Waals surface area contributed by atoms with Crippen LogP contribution in [0.3, 0.4) is 0 Å². The molecular weight excluding hydrogens is 306 g/mol. The van der Waals surface area contributed by atoms with Crippen LogP contribution in [0.1, 0.15) is 50.0 Å². The van der Waals surface area contributed by atoms with E-state index in [1.807, 2.05) is 24.3 Å². The average Bonchev–Trinajstić information content (AvgIpc) is 3.42. The lowest BCUT2D eigenvalue weighted by Gasteiger charge is -2.35. The lowest BCUT2D eigenvalue weighted by molar-refractivity contribution is -0.152. The second-order valence-electron chi connectivity index (χ2n) is 6.81. The van der Waals surface area contributed by atoms with Crippen LogP contribution in [0.4, 0.5) is 0 Å². The van der Waals surface area contributed by atoms with Gasteiger partial charge in [-0.1, -0.05) is 37.5 Å². The molecular formula is C19H25NO4. The number of rotatable bonds is 5. The maximum atomic E-state index is 12.7. The van der Waals surface area contributed by atoms with Gasteiger partial charge in [-0.3, -0.25) is 4.79 Å². The number of ether oxygens (including phenoxy) is 2. The molecule has 1 aromatic rings. The van der Waals surface area contributed by atoms with E-state index in [2.05, 4.69) is 5.32 Å². The van der Waals surface area contributed by atoms with Gasteiger partial charge in [-0.25, -0.2) is 4.79 Å². The first-order valence-corrected chi connectivity index (χ1v) is 8.64. The normalized spacial score (nSPS) is 24.8. The van der Waals surface area contributed by atoms with E-state index < -0.39 is 5.54 Å². The number of nitrogens with one attached hydrogen (secondary N) is 1. The summed E-state index contributed by atoms with van der Waals surface area (Å²) in [5.74, 6) is 0.533. The van der Waals surface area contributed by atoms with Crippen molar-refractivity contribution in [3.05, 3.63) is 29.8 Å². The first kappa shape index (κ1) is 16.8. The minimum atomic E-state index is -0.835. The third kappa shape index (κ3) is 3.12. The molecule has 2 aliphatic rings. The molecule has 2 aliphatic carbocycles. The first-order valence-electron chi connectivity index (χ1n) is 8.64. The highest BCUT2D eigenvalue weighted by Gasteiger charge is 2.49. The van der Waals surface area contributed by atoms with E-state index in [1.54, 1.807) is 7.11 Å². The van der Waals surface area contributed by atoms with Gasteiger partial charge in [0.25, 0.3) is 0 Å². The van der Waals surface area contributed by atoms with Gasteiger partial charge in [-0.05, 0) is 36.8 Å². The molecule has 24 heavy (non-hydrogen) atoms. The summed E-state index contributed by atoms with van der Waals surface area (Å²) in [7, 11) is 3.03. The van der Waals surface area contributed by atoms with Gasteiger partial charge in [0, 0.05) is 5.92 Å². The Bertz CT molecular complexity index is 622. The fraction of sp³-hybridized carbons (Fsp3) is 0.579. The molecule has 0 radical (unpaired) electrons. The molecule has 2 fully saturated rings. The van der Waals surface area contributed by atoms with Crippen molar-refractivity contribution in [2.75, 3.05) is 14.2 Å². The zero-order valence-corrected chi connectivity index (χ0v) is 14.3. The fourth-order valence-corrected chi connectivity index (χ4v) is 3.86. The number of amides is 1. The Hall–Kier alpha value is -2.04. The van der Waals surface area contributed by atoms with Crippen LogP contribution in [-0.4, -0.2) is 31.6 Å². The molecule has 3 rings (SSSR count). The van der Waals surface area contributed by atoms with Gasteiger partial charge in [0.05, 0.1) is 14.2 Å². The summed E-state index contributed by atoms with van der Waals surface area (Å²) < 4.78 is 10.4. The van der Waals surface area contributed by atoms with Crippen LogP contribution in [0.2, 0.25) is 0 Å². The molecule has 0 unspecified atom stereocenters. The first-order chi connectivity index (χ1) is 11.6.